The Morgan fingerprint density at radius 3 is 2.95 bits per heavy atom. The first kappa shape index (κ1) is 14.7. The molecule has 21 heavy (non-hydrogen) atoms. The highest BCUT2D eigenvalue weighted by Crippen LogP contribution is 2.26. The topological polar surface area (TPSA) is 81.3 Å². The molecule has 2 atom stereocenters. The first-order valence-electron chi connectivity index (χ1n) is 7.16. The molecule has 1 fully saturated rings. The number of piperidine rings is 1. The molecule has 2 aromatic heterocycles. The van der Waals surface area contributed by atoms with Crippen LogP contribution in [0.5, 0.6) is 0 Å². The van der Waals surface area contributed by atoms with Crippen molar-refractivity contribution in [1.29, 1.82) is 0 Å². The van der Waals surface area contributed by atoms with Crippen LogP contribution in [0, 0.1) is 11.8 Å². The summed E-state index contributed by atoms with van der Waals surface area (Å²) in [7, 11) is 0. The van der Waals surface area contributed by atoms with Gasteiger partial charge in [-0.3, -0.25) is 4.90 Å². The van der Waals surface area contributed by atoms with Gasteiger partial charge in [0.25, 0.3) is 5.89 Å². The van der Waals surface area contributed by atoms with Crippen molar-refractivity contribution in [2.24, 2.45) is 17.6 Å². The average molecular weight is 355 g/mol. The van der Waals surface area contributed by atoms with E-state index in [1.54, 1.807) is 12.1 Å². The summed E-state index contributed by atoms with van der Waals surface area (Å²) in [6.45, 7) is 5.70. The van der Waals surface area contributed by atoms with Gasteiger partial charge in [0.05, 0.1) is 6.54 Å². The minimum absolute atomic E-state index is 0.413. The highest BCUT2D eigenvalue weighted by Gasteiger charge is 2.26. The molecule has 6 nitrogen and oxygen atoms in total. The van der Waals surface area contributed by atoms with Crippen LogP contribution in [0.15, 0.2) is 25.6 Å². The lowest BCUT2D eigenvalue weighted by Gasteiger charge is -2.35. The van der Waals surface area contributed by atoms with Crippen molar-refractivity contribution in [2.45, 2.75) is 19.9 Å². The summed E-state index contributed by atoms with van der Waals surface area (Å²) in [5.41, 5.74) is 5.84. The lowest BCUT2D eigenvalue weighted by atomic mass is 9.87. The van der Waals surface area contributed by atoms with Crippen molar-refractivity contribution in [2.75, 3.05) is 19.6 Å². The molecule has 114 valence electrons. The minimum atomic E-state index is 0.413. The number of aromatic nitrogens is 2. The molecule has 0 saturated carbocycles. The van der Waals surface area contributed by atoms with E-state index in [1.165, 1.54) is 0 Å². The van der Waals surface area contributed by atoms with E-state index >= 15 is 0 Å². The van der Waals surface area contributed by atoms with Gasteiger partial charge in [-0.05, 0) is 59.4 Å². The van der Waals surface area contributed by atoms with Crippen LogP contribution >= 0.6 is 15.9 Å². The van der Waals surface area contributed by atoms with Gasteiger partial charge in [0.15, 0.2) is 10.4 Å². The Morgan fingerprint density at radius 2 is 2.24 bits per heavy atom. The van der Waals surface area contributed by atoms with Crippen LogP contribution in [0.3, 0.4) is 0 Å². The van der Waals surface area contributed by atoms with Crippen molar-refractivity contribution in [3.8, 4) is 11.7 Å². The maximum atomic E-state index is 5.84. The Labute approximate surface area is 131 Å². The molecule has 0 radical (unpaired) electrons. The lowest BCUT2D eigenvalue weighted by molar-refractivity contribution is 0.117. The third-order valence-electron chi connectivity index (χ3n) is 4.11. The molecule has 7 heteroatoms. The van der Waals surface area contributed by atoms with Gasteiger partial charge in [-0.15, -0.1) is 10.2 Å². The molecule has 1 saturated heterocycles. The Hall–Kier alpha value is -1.18. The predicted octanol–water partition coefficient (Wildman–Crippen LogP) is 2.51. The Bertz CT molecular complexity index is 597. The van der Waals surface area contributed by atoms with Crippen LogP contribution in [0.1, 0.15) is 19.2 Å². The molecule has 2 N–H and O–H groups in total. The van der Waals surface area contributed by atoms with Gasteiger partial charge in [-0.2, -0.15) is 0 Å². The van der Waals surface area contributed by atoms with Gasteiger partial charge in [0.1, 0.15) is 0 Å². The van der Waals surface area contributed by atoms with Crippen LogP contribution in [-0.2, 0) is 6.54 Å². The van der Waals surface area contributed by atoms with E-state index in [0.29, 0.717) is 40.6 Å². The zero-order valence-corrected chi connectivity index (χ0v) is 13.5. The molecule has 1 aliphatic rings. The SMILES string of the molecule is CC1CCN(Cc2nnc(-c3ccc(Br)o3)o2)CC1CN. The molecular formula is C14H19BrN4O2. The van der Waals surface area contributed by atoms with E-state index in [9.17, 15) is 0 Å². The zero-order chi connectivity index (χ0) is 14.8. The highest BCUT2D eigenvalue weighted by molar-refractivity contribution is 9.10. The highest BCUT2D eigenvalue weighted by atomic mass is 79.9. The van der Waals surface area contributed by atoms with Gasteiger partial charge in [0.2, 0.25) is 5.89 Å². The van der Waals surface area contributed by atoms with Crippen molar-refractivity contribution in [3.05, 3.63) is 22.7 Å². The maximum absolute atomic E-state index is 5.84. The molecule has 3 heterocycles. The van der Waals surface area contributed by atoms with Crippen molar-refractivity contribution >= 4 is 15.9 Å². The van der Waals surface area contributed by atoms with Gasteiger partial charge in [0, 0.05) is 6.54 Å². The fourth-order valence-corrected chi connectivity index (χ4v) is 3.02. The van der Waals surface area contributed by atoms with Crippen LogP contribution in [0.2, 0.25) is 0 Å². The molecule has 2 unspecified atom stereocenters. The maximum Gasteiger partial charge on any atom is 0.283 e. The summed E-state index contributed by atoms with van der Waals surface area (Å²) >= 11 is 3.26. The third-order valence-corrected chi connectivity index (χ3v) is 4.54. The van der Waals surface area contributed by atoms with E-state index in [1.807, 2.05) is 0 Å². The smallest absolute Gasteiger partial charge is 0.283 e. The van der Waals surface area contributed by atoms with E-state index in [-0.39, 0.29) is 0 Å². The fraction of sp³-hybridized carbons (Fsp3) is 0.571. The van der Waals surface area contributed by atoms with Crippen LogP contribution in [0.25, 0.3) is 11.7 Å². The molecule has 0 bridgehead atoms. The monoisotopic (exact) mass is 354 g/mol. The molecule has 2 aromatic rings. The van der Waals surface area contributed by atoms with Crippen LogP contribution in [-0.4, -0.2) is 34.7 Å². The standard InChI is InChI=1S/C14H19BrN4O2/c1-9-4-5-19(7-10(9)6-16)8-13-17-18-14(21-13)11-2-3-12(15)20-11/h2-3,9-10H,4-8,16H2,1H3. The van der Waals surface area contributed by atoms with E-state index in [0.717, 1.165) is 26.1 Å². The van der Waals surface area contributed by atoms with Gasteiger partial charge < -0.3 is 14.6 Å². The summed E-state index contributed by atoms with van der Waals surface area (Å²) in [6.07, 6.45) is 1.16. The minimum Gasteiger partial charge on any atom is -0.444 e. The number of halogens is 1. The fourth-order valence-electron chi connectivity index (χ4n) is 2.71. The van der Waals surface area contributed by atoms with E-state index < -0.39 is 0 Å². The van der Waals surface area contributed by atoms with Crippen molar-refractivity contribution in [1.82, 2.24) is 15.1 Å². The number of hydrogen-bond acceptors (Lipinski definition) is 6. The number of furan rings is 1. The molecule has 1 aliphatic heterocycles. The number of nitrogens with zero attached hydrogens (tertiary/aromatic N) is 3. The van der Waals surface area contributed by atoms with Crippen molar-refractivity contribution in [3.63, 3.8) is 0 Å². The normalized spacial score (nSPS) is 23.6. The van der Waals surface area contributed by atoms with Crippen LogP contribution < -0.4 is 5.73 Å². The summed E-state index contributed by atoms with van der Waals surface area (Å²) in [5, 5.41) is 8.14. The summed E-state index contributed by atoms with van der Waals surface area (Å²) in [4.78, 5) is 2.33. The largest absolute Gasteiger partial charge is 0.444 e. The number of likely N-dealkylation sites (tertiary alicyclic amines) is 1. The first-order valence-corrected chi connectivity index (χ1v) is 7.95. The van der Waals surface area contributed by atoms with Crippen molar-refractivity contribution < 1.29 is 8.83 Å². The second-order valence-corrected chi connectivity index (χ2v) is 6.38. The quantitative estimate of drug-likeness (QED) is 0.908. The average Bonchev–Trinajstić information content (AvgIpc) is 3.10. The molecule has 0 aliphatic carbocycles. The molecule has 0 aromatic carbocycles. The third kappa shape index (κ3) is 3.36. The molecule has 3 rings (SSSR count). The van der Waals surface area contributed by atoms with Gasteiger partial charge in [-0.25, -0.2) is 0 Å². The summed E-state index contributed by atoms with van der Waals surface area (Å²) in [6, 6.07) is 3.60. The second-order valence-electron chi connectivity index (χ2n) is 5.60. The number of hydrogen-bond donors (Lipinski definition) is 1. The first-order chi connectivity index (χ1) is 10.2. The van der Waals surface area contributed by atoms with Crippen LogP contribution in [0.4, 0.5) is 0 Å². The van der Waals surface area contributed by atoms with Gasteiger partial charge in [-0.1, -0.05) is 6.92 Å². The molecule has 0 amide bonds. The number of nitrogens with two attached hydrogens (primary N) is 1. The molecule has 0 spiro atoms. The Balaban J connectivity index is 1.65. The number of rotatable bonds is 4. The predicted molar refractivity (Wildman–Crippen MR) is 81.3 cm³/mol. The molecular weight excluding hydrogens is 336 g/mol. The summed E-state index contributed by atoms with van der Waals surface area (Å²) < 4.78 is 11.7. The Morgan fingerprint density at radius 1 is 1.38 bits per heavy atom. The van der Waals surface area contributed by atoms with E-state index in [4.69, 9.17) is 14.6 Å². The van der Waals surface area contributed by atoms with E-state index in [2.05, 4.69) is 38.0 Å². The Kier molecular flexibility index (Phi) is 4.42. The lowest BCUT2D eigenvalue weighted by Crippen LogP contribution is -2.42. The summed E-state index contributed by atoms with van der Waals surface area (Å²) in [5.74, 6) is 2.83. The van der Waals surface area contributed by atoms with Gasteiger partial charge >= 0.3 is 0 Å². The second kappa shape index (κ2) is 6.29. The zero-order valence-electron chi connectivity index (χ0n) is 12.0.